The number of amides is 2. The molecule has 0 aliphatic carbocycles. The number of fused-ring (bicyclic) bond motifs is 1. The second kappa shape index (κ2) is 10.0. The summed E-state index contributed by atoms with van der Waals surface area (Å²) in [6, 6.07) is 33.5. The molecule has 0 saturated carbocycles. The molecule has 2 saturated heterocycles. The van der Waals surface area contributed by atoms with E-state index in [1.807, 2.05) is 84.9 Å². The van der Waals surface area contributed by atoms with Crippen molar-refractivity contribution in [1.82, 2.24) is 0 Å². The number of carbonyl (C=O) groups excluding carboxylic acids is 2. The Kier molecular flexibility index (Phi) is 6.27. The van der Waals surface area contributed by atoms with Gasteiger partial charge < -0.3 is 9.47 Å². The highest BCUT2D eigenvalue weighted by Crippen LogP contribution is 2.48. The molecule has 2 amide bonds. The Labute approximate surface area is 220 Å². The van der Waals surface area contributed by atoms with Crippen LogP contribution in [0.1, 0.15) is 17.2 Å². The Morgan fingerprint density at radius 3 is 2.13 bits per heavy atom. The fourth-order valence-corrected chi connectivity index (χ4v) is 5.06. The first-order valence-corrected chi connectivity index (χ1v) is 12.4. The zero-order chi connectivity index (χ0) is 26.1. The number of anilines is 2. The molecule has 7 nitrogen and oxygen atoms in total. The molecule has 38 heavy (non-hydrogen) atoms. The van der Waals surface area contributed by atoms with Crippen molar-refractivity contribution in [2.45, 2.75) is 18.8 Å². The fourth-order valence-electron chi connectivity index (χ4n) is 5.06. The third-order valence-electron chi connectivity index (χ3n) is 6.91. The Hall–Kier alpha value is -4.62. The molecule has 0 spiro atoms. The molecule has 2 aliphatic heterocycles. The van der Waals surface area contributed by atoms with Crippen LogP contribution in [0.15, 0.2) is 109 Å². The number of hydrogen-bond acceptors (Lipinski definition) is 6. The number of nitrogens with zero attached hydrogens (tertiary/aromatic N) is 2. The predicted octanol–water partition coefficient (Wildman–Crippen LogP) is 5.33. The molecule has 0 N–H and O–H groups in total. The topological polar surface area (TPSA) is 68.3 Å². The molecule has 0 unspecified atom stereocenters. The van der Waals surface area contributed by atoms with E-state index >= 15 is 0 Å². The molecule has 6 rings (SSSR count). The average molecular weight is 507 g/mol. The summed E-state index contributed by atoms with van der Waals surface area (Å²) in [4.78, 5) is 34.8. The summed E-state index contributed by atoms with van der Waals surface area (Å²) in [6.45, 7) is 0.454. The number of para-hydroxylation sites is 1. The van der Waals surface area contributed by atoms with Crippen LogP contribution in [0.3, 0.4) is 0 Å². The lowest BCUT2D eigenvalue weighted by molar-refractivity contribution is -0.126. The van der Waals surface area contributed by atoms with Gasteiger partial charge in [0.2, 0.25) is 5.91 Å². The van der Waals surface area contributed by atoms with E-state index in [0.717, 1.165) is 16.8 Å². The normalized spacial score (nSPS) is 20.5. The number of rotatable bonds is 7. The summed E-state index contributed by atoms with van der Waals surface area (Å²) in [5.74, 6) is -0.133. The van der Waals surface area contributed by atoms with Crippen LogP contribution in [0.4, 0.5) is 11.4 Å². The van der Waals surface area contributed by atoms with Gasteiger partial charge in [0.25, 0.3) is 5.91 Å². The smallest absolute Gasteiger partial charge is 0.266 e. The summed E-state index contributed by atoms with van der Waals surface area (Å²) in [7, 11) is 1.55. The van der Waals surface area contributed by atoms with Crippen LogP contribution in [0, 0.1) is 5.92 Å². The zero-order valence-corrected chi connectivity index (χ0v) is 20.8. The zero-order valence-electron chi connectivity index (χ0n) is 20.8. The minimum Gasteiger partial charge on any atom is -0.497 e. The van der Waals surface area contributed by atoms with Gasteiger partial charge in [-0.3, -0.25) is 14.4 Å². The number of carbonyl (C=O) groups is 2. The van der Waals surface area contributed by atoms with E-state index in [4.69, 9.17) is 14.3 Å². The molecule has 0 radical (unpaired) electrons. The van der Waals surface area contributed by atoms with E-state index < -0.39 is 18.1 Å². The Balaban J connectivity index is 1.31. The lowest BCUT2D eigenvalue weighted by Crippen LogP contribution is -2.37. The maximum Gasteiger partial charge on any atom is 0.266 e. The van der Waals surface area contributed by atoms with Crippen molar-refractivity contribution in [3.8, 4) is 11.5 Å². The molecule has 2 fully saturated rings. The maximum atomic E-state index is 13.8. The highest BCUT2D eigenvalue weighted by Gasteiger charge is 2.60. The second-order valence-corrected chi connectivity index (χ2v) is 9.21. The summed E-state index contributed by atoms with van der Waals surface area (Å²) in [5, 5.41) is 1.69. The minimum absolute atomic E-state index is 0.305. The summed E-state index contributed by atoms with van der Waals surface area (Å²) >= 11 is 0. The first-order valence-electron chi connectivity index (χ1n) is 12.4. The highest BCUT2D eigenvalue weighted by atomic mass is 16.7. The van der Waals surface area contributed by atoms with Crippen molar-refractivity contribution in [1.29, 1.82) is 0 Å². The fraction of sp³-hybridized carbons (Fsp3) is 0.161. The van der Waals surface area contributed by atoms with Gasteiger partial charge >= 0.3 is 0 Å². The van der Waals surface area contributed by atoms with Crippen LogP contribution in [0.25, 0.3) is 0 Å². The quantitative estimate of drug-likeness (QED) is 0.316. The van der Waals surface area contributed by atoms with Crippen LogP contribution in [-0.4, -0.2) is 25.0 Å². The largest absolute Gasteiger partial charge is 0.497 e. The third-order valence-corrected chi connectivity index (χ3v) is 6.91. The van der Waals surface area contributed by atoms with Gasteiger partial charge in [-0.25, -0.2) is 9.96 Å². The third kappa shape index (κ3) is 4.27. The van der Waals surface area contributed by atoms with Gasteiger partial charge in [0.15, 0.2) is 6.10 Å². The van der Waals surface area contributed by atoms with E-state index in [-0.39, 0.29) is 11.8 Å². The molecule has 0 aromatic heterocycles. The van der Waals surface area contributed by atoms with Gasteiger partial charge in [-0.1, -0.05) is 66.7 Å². The Morgan fingerprint density at radius 1 is 0.737 bits per heavy atom. The van der Waals surface area contributed by atoms with Gasteiger partial charge in [-0.15, -0.1) is 0 Å². The molecule has 4 aromatic carbocycles. The lowest BCUT2D eigenvalue weighted by atomic mass is 9.90. The summed E-state index contributed by atoms with van der Waals surface area (Å²) in [6.07, 6.45) is -0.937. The number of imide groups is 1. The number of hydroxylamine groups is 1. The number of benzene rings is 4. The van der Waals surface area contributed by atoms with Crippen molar-refractivity contribution in [2.75, 3.05) is 17.1 Å². The molecule has 190 valence electrons. The first-order chi connectivity index (χ1) is 18.6. The van der Waals surface area contributed by atoms with Crippen molar-refractivity contribution >= 4 is 23.2 Å². The van der Waals surface area contributed by atoms with E-state index in [0.29, 0.717) is 23.8 Å². The SMILES string of the molecule is COc1cccc(N2C(=O)[C@H]3[C@H](ON(c4ccccc4)[C@@H]3c3ccc(OCc4ccccc4)cc3)C2=O)c1. The molecule has 0 bridgehead atoms. The van der Waals surface area contributed by atoms with E-state index in [2.05, 4.69) is 0 Å². The second-order valence-electron chi connectivity index (χ2n) is 9.21. The van der Waals surface area contributed by atoms with E-state index in [1.165, 1.54) is 4.90 Å². The number of methoxy groups -OCH3 is 1. The van der Waals surface area contributed by atoms with E-state index in [9.17, 15) is 9.59 Å². The number of hydrogen-bond donors (Lipinski definition) is 0. The van der Waals surface area contributed by atoms with Crippen LogP contribution >= 0.6 is 0 Å². The molecule has 7 heteroatoms. The van der Waals surface area contributed by atoms with Crippen LogP contribution in [0.5, 0.6) is 11.5 Å². The summed E-state index contributed by atoms with van der Waals surface area (Å²) in [5.41, 5.74) is 3.16. The van der Waals surface area contributed by atoms with Crippen LogP contribution in [0.2, 0.25) is 0 Å². The standard InChI is InChI=1S/C31H26N2O5/c1-36-26-14-8-13-24(19-26)32-30(34)27-28(33(38-29(27)31(32)35)23-11-6-3-7-12-23)22-15-17-25(18-16-22)37-20-21-9-4-2-5-10-21/h2-19,27-29H,20H2,1H3/t27-,28-,29+/m1/s1. The van der Waals surface area contributed by atoms with Crippen molar-refractivity contribution in [2.24, 2.45) is 5.92 Å². The average Bonchev–Trinajstić information content (AvgIpc) is 3.48. The van der Waals surface area contributed by atoms with Gasteiger partial charge in [-0.2, -0.15) is 0 Å². The van der Waals surface area contributed by atoms with Gasteiger partial charge in [0, 0.05) is 6.07 Å². The molecular formula is C31H26N2O5. The molecule has 2 heterocycles. The van der Waals surface area contributed by atoms with Gasteiger partial charge in [0.1, 0.15) is 24.0 Å². The Morgan fingerprint density at radius 2 is 1.42 bits per heavy atom. The highest BCUT2D eigenvalue weighted by molar-refractivity contribution is 6.24. The molecule has 3 atom stereocenters. The van der Waals surface area contributed by atoms with Crippen molar-refractivity contribution < 1.29 is 23.9 Å². The summed E-state index contributed by atoms with van der Waals surface area (Å²) < 4.78 is 11.3. The van der Waals surface area contributed by atoms with Crippen molar-refractivity contribution in [3.63, 3.8) is 0 Å². The Bertz CT molecular complexity index is 1440. The van der Waals surface area contributed by atoms with E-state index in [1.54, 1.807) is 36.4 Å². The monoisotopic (exact) mass is 506 g/mol. The number of ether oxygens (including phenoxy) is 2. The van der Waals surface area contributed by atoms with Gasteiger partial charge in [-0.05, 0) is 47.5 Å². The predicted molar refractivity (Wildman–Crippen MR) is 143 cm³/mol. The molecule has 4 aromatic rings. The first kappa shape index (κ1) is 23.8. The van der Waals surface area contributed by atoms with Crippen LogP contribution < -0.4 is 19.4 Å². The maximum absolute atomic E-state index is 13.8. The molecule has 2 aliphatic rings. The van der Waals surface area contributed by atoms with Gasteiger partial charge in [0.05, 0.1) is 24.5 Å². The molecular weight excluding hydrogens is 480 g/mol. The minimum atomic E-state index is -0.937. The lowest BCUT2D eigenvalue weighted by Gasteiger charge is -2.29. The van der Waals surface area contributed by atoms with Crippen LogP contribution in [-0.2, 0) is 21.0 Å². The van der Waals surface area contributed by atoms with Crippen molar-refractivity contribution in [3.05, 3.63) is 120 Å².